The number of amides is 1. The summed E-state index contributed by atoms with van der Waals surface area (Å²) in [6, 6.07) is 0.813. The number of hydrogen-bond acceptors (Lipinski definition) is 4. The number of aliphatic hydroxyl groups is 1. The molecule has 0 radical (unpaired) electrons. The van der Waals surface area contributed by atoms with E-state index in [1.807, 2.05) is 6.92 Å². The number of likely N-dealkylation sites (tertiary alicyclic amines) is 1. The van der Waals surface area contributed by atoms with Crippen LogP contribution in [-0.4, -0.2) is 54.5 Å². The molecular formula is C15H28N2O3. The summed E-state index contributed by atoms with van der Waals surface area (Å²) in [5.41, 5.74) is 0. The molecule has 2 atom stereocenters. The number of nitrogens with one attached hydrogen (secondary N) is 1. The van der Waals surface area contributed by atoms with Gasteiger partial charge in [0.15, 0.2) is 0 Å². The molecule has 2 aliphatic rings. The van der Waals surface area contributed by atoms with Gasteiger partial charge in [-0.3, -0.25) is 4.90 Å². The Balaban J connectivity index is 1.88. The lowest BCUT2D eigenvalue weighted by Crippen LogP contribution is -2.56. The molecule has 1 aliphatic heterocycles. The first-order valence-electron chi connectivity index (χ1n) is 7.90. The number of alkyl carbamates (subject to hydrolysis) is 1. The highest BCUT2D eigenvalue weighted by atomic mass is 16.5. The van der Waals surface area contributed by atoms with Crippen molar-refractivity contribution in [1.82, 2.24) is 10.2 Å². The first kappa shape index (κ1) is 15.6. The second-order valence-corrected chi connectivity index (χ2v) is 6.36. The standard InChI is InChI=1S/C15H28N2O3/c1-3-20-15(19)16-13-8-12(4-5-18)9-17(10-13)14-6-11(2)7-14/h11-14,18H,3-10H2,1-2H3,(H,16,19). The van der Waals surface area contributed by atoms with E-state index in [1.54, 1.807) is 0 Å². The topological polar surface area (TPSA) is 61.8 Å². The monoisotopic (exact) mass is 284 g/mol. The molecule has 1 saturated carbocycles. The molecule has 1 saturated heterocycles. The molecule has 2 fully saturated rings. The first-order chi connectivity index (χ1) is 9.62. The molecule has 0 aromatic rings. The number of nitrogens with zero attached hydrogens (tertiary/aromatic N) is 1. The number of ether oxygens (including phenoxy) is 1. The van der Waals surface area contributed by atoms with Gasteiger partial charge in [-0.15, -0.1) is 0 Å². The van der Waals surface area contributed by atoms with Crippen molar-refractivity contribution in [3.8, 4) is 0 Å². The van der Waals surface area contributed by atoms with Crippen LogP contribution in [0, 0.1) is 11.8 Å². The van der Waals surface area contributed by atoms with Gasteiger partial charge in [-0.05, 0) is 44.4 Å². The van der Waals surface area contributed by atoms with Crippen LogP contribution in [0.3, 0.4) is 0 Å². The Kier molecular flexibility index (Phi) is 5.66. The Labute approximate surface area is 121 Å². The van der Waals surface area contributed by atoms with Crippen LogP contribution in [0.5, 0.6) is 0 Å². The number of carbonyl (C=O) groups excluding carboxylic acids is 1. The molecule has 0 aromatic heterocycles. The summed E-state index contributed by atoms with van der Waals surface area (Å²) < 4.78 is 4.97. The van der Waals surface area contributed by atoms with E-state index >= 15 is 0 Å². The van der Waals surface area contributed by atoms with E-state index in [0.717, 1.165) is 31.8 Å². The predicted octanol–water partition coefficient (Wildman–Crippen LogP) is 1.60. The number of carbonyl (C=O) groups is 1. The lowest BCUT2D eigenvalue weighted by Gasteiger charge is -2.47. The Morgan fingerprint density at radius 2 is 2.10 bits per heavy atom. The van der Waals surface area contributed by atoms with Gasteiger partial charge in [-0.2, -0.15) is 0 Å². The summed E-state index contributed by atoms with van der Waals surface area (Å²) in [4.78, 5) is 14.1. The molecule has 0 spiro atoms. The van der Waals surface area contributed by atoms with Crippen LogP contribution < -0.4 is 5.32 Å². The summed E-state index contributed by atoms with van der Waals surface area (Å²) >= 11 is 0. The van der Waals surface area contributed by atoms with Gasteiger partial charge in [0.25, 0.3) is 0 Å². The maximum Gasteiger partial charge on any atom is 0.407 e. The average Bonchev–Trinajstić information content (AvgIpc) is 2.35. The van der Waals surface area contributed by atoms with Gasteiger partial charge in [-0.1, -0.05) is 6.92 Å². The highest BCUT2D eigenvalue weighted by Gasteiger charge is 2.36. The van der Waals surface area contributed by atoms with E-state index in [1.165, 1.54) is 12.8 Å². The molecule has 2 N–H and O–H groups in total. The molecule has 2 rings (SSSR count). The van der Waals surface area contributed by atoms with E-state index in [2.05, 4.69) is 17.1 Å². The zero-order valence-corrected chi connectivity index (χ0v) is 12.7. The Bertz CT molecular complexity index is 318. The molecule has 1 amide bonds. The van der Waals surface area contributed by atoms with Crippen molar-refractivity contribution in [3.05, 3.63) is 0 Å². The SMILES string of the molecule is CCOC(=O)NC1CC(CCO)CN(C2CC(C)C2)C1. The van der Waals surface area contributed by atoms with Gasteiger partial charge < -0.3 is 15.2 Å². The average molecular weight is 284 g/mol. The van der Waals surface area contributed by atoms with E-state index in [0.29, 0.717) is 18.6 Å². The molecule has 20 heavy (non-hydrogen) atoms. The van der Waals surface area contributed by atoms with Gasteiger partial charge in [0.2, 0.25) is 0 Å². The summed E-state index contributed by atoms with van der Waals surface area (Å²) in [5.74, 6) is 1.30. The minimum absolute atomic E-state index is 0.148. The lowest BCUT2D eigenvalue weighted by molar-refractivity contribution is 0.0274. The fraction of sp³-hybridized carbons (Fsp3) is 0.933. The van der Waals surface area contributed by atoms with Crippen molar-refractivity contribution in [2.24, 2.45) is 11.8 Å². The lowest BCUT2D eigenvalue weighted by atomic mass is 9.78. The normalized spacial score (nSPS) is 34.4. The van der Waals surface area contributed by atoms with Crippen LogP contribution in [0.25, 0.3) is 0 Å². The summed E-state index contributed by atoms with van der Waals surface area (Å²) in [6.07, 6.45) is 3.97. The quantitative estimate of drug-likeness (QED) is 0.805. The van der Waals surface area contributed by atoms with E-state index in [-0.39, 0.29) is 18.7 Å². The molecular weight excluding hydrogens is 256 g/mol. The zero-order valence-electron chi connectivity index (χ0n) is 12.7. The molecule has 116 valence electrons. The number of hydrogen-bond donors (Lipinski definition) is 2. The van der Waals surface area contributed by atoms with Gasteiger partial charge >= 0.3 is 6.09 Å². The maximum atomic E-state index is 11.6. The largest absolute Gasteiger partial charge is 0.450 e. The van der Waals surface area contributed by atoms with Crippen LogP contribution in [0.15, 0.2) is 0 Å². The maximum absolute atomic E-state index is 11.6. The van der Waals surface area contributed by atoms with Crippen molar-refractivity contribution in [3.63, 3.8) is 0 Å². The van der Waals surface area contributed by atoms with Gasteiger partial charge in [0.05, 0.1) is 6.61 Å². The van der Waals surface area contributed by atoms with Gasteiger partial charge in [-0.25, -0.2) is 4.79 Å². The van der Waals surface area contributed by atoms with E-state index < -0.39 is 0 Å². The van der Waals surface area contributed by atoms with Crippen molar-refractivity contribution in [1.29, 1.82) is 0 Å². The molecule has 0 aromatic carbocycles. The highest BCUT2D eigenvalue weighted by molar-refractivity contribution is 5.67. The molecule has 1 heterocycles. The zero-order chi connectivity index (χ0) is 14.5. The summed E-state index contributed by atoms with van der Waals surface area (Å²) in [5, 5.41) is 12.1. The summed E-state index contributed by atoms with van der Waals surface area (Å²) in [6.45, 7) is 6.71. The fourth-order valence-corrected chi connectivity index (χ4v) is 3.53. The van der Waals surface area contributed by atoms with Crippen molar-refractivity contribution >= 4 is 6.09 Å². The predicted molar refractivity (Wildman–Crippen MR) is 77.5 cm³/mol. The van der Waals surface area contributed by atoms with Crippen LogP contribution in [-0.2, 0) is 4.74 Å². The van der Waals surface area contributed by atoms with E-state index in [9.17, 15) is 9.90 Å². The first-order valence-corrected chi connectivity index (χ1v) is 7.90. The molecule has 2 unspecified atom stereocenters. The Morgan fingerprint density at radius 1 is 1.35 bits per heavy atom. The van der Waals surface area contributed by atoms with Crippen LogP contribution in [0.2, 0.25) is 0 Å². The Morgan fingerprint density at radius 3 is 2.70 bits per heavy atom. The van der Waals surface area contributed by atoms with Gasteiger partial charge in [0.1, 0.15) is 0 Å². The molecule has 0 bridgehead atoms. The van der Waals surface area contributed by atoms with Crippen molar-refractivity contribution in [2.45, 2.75) is 51.6 Å². The van der Waals surface area contributed by atoms with Crippen molar-refractivity contribution < 1.29 is 14.6 Å². The molecule has 1 aliphatic carbocycles. The van der Waals surface area contributed by atoms with E-state index in [4.69, 9.17) is 4.74 Å². The number of rotatable bonds is 5. The van der Waals surface area contributed by atoms with Crippen LogP contribution >= 0.6 is 0 Å². The van der Waals surface area contributed by atoms with Crippen LogP contribution in [0.1, 0.15) is 39.5 Å². The molecule has 5 nitrogen and oxygen atoms in total. The smallest absolute Gasteiger partial charge is 0.407 e. The van der Waals surface area contributed by atoms with Crippen molar-refractivity contribution in [2.75, 3.05) is 26.3 Å². The third kappa shape index (κ3) is 4.09. The number of aliphatic hydroxyl groups excluding tert-OH is 1. The molecule has 5 heteroatoms. The fourth-order valence-electron chi connectivity index (χ4n) is 3.53. The number of piperidine rings is 1. The third-order valence-corrected chi connectivity index (χ3v) is 4.57. The minimum atomic E-state index is -0.316. The minimum Gasteiger partial charge on any atom is -0.450 e. The summed E-state index contributed by atoms with van der Waals surface area (Å²) in [7, 11) is 0. The van der Waals surface area contributed by atoms with Gasteiger partial charge in [0, 0.05) is 31.8 Å². The second kappa shape index (κ2) is 7.27. The Hall–Kier alpha value is -0.810. The van der Waals surface area contributed by atoms with Crippen LogP contribution in [0.4, 0.5) is 4.79 Å². The third-order valence-electron chi connectivity index (χ3n) is 4.57. The second-order valence-electron chi connectivity index (χ2n) is 6.36. The highest BCUT2D eigenvalue weighted by Crippen LogP contribution is 2.34.